The Morgan fingerprint density at radius 1 is 1.07 bits per heavy atom. The Bertz CT molecular complexity index is 794. The van der Waals surface area contributed by atoms with E-state index in [0.717, 1.165) is 11.3 Å². The molecule has 0 saturated carbocycles. The maximum atomic E-state index is 13.1. The molecule has 0 fully saturated rings. The van der Waals surface area contributed by atoms with Gasteiger partial charge in [-0.2, -0.15) is 0 Å². The van der Waals surface area contributed by atoms with Crippen molar-refractivity contribution in [3.8, 4) is 5.75 Å². The molecule has 0 aliphatic carbocycles. The highest BCUT2D eigenvalue weighted by atomic mass is 35.5. The summed E-state index contributed by atoms with van der Waals surface area (Å²) < 4.78 is 5.69. The van der Waals surface area contributed by atoms with Gasteiger partial charge in [0.1, 0.15) is 11.8 Å². The summed E-state index contributed by atoms with van der Waals surface area (Å²) in [6.45, 7) is 6.55. The lowest BCUT2D eigenvalue weighted by atomic mass is 10.1. The van der Waals surface area contributed by atoms with E-state index in [9.17, 15) is 9.59 Å². The molecule has 1 N–H and O–H groups in total. The van der Waals surface area contributed by atoms with Crippen molar-refractivity contribution in [2.75, 3.05) is 6.61 Å². The largest absolute Gasteiger partial charge is 0.494 e. The van der Waals surface area contributed by atoms with Crippen LogP contribution in [0.2, 0.25) is 5.02 Å². The zero-order valence-corrected chi connectivity index (χ0v) is 18.7. The van der Waals surface area contributed by atoms with Gasteiger partial charge < -0.3 is 15.0 Å². The van der Waals surface area contributed by atoms with Gasteiger partial charge >= 0.3 is 0 Å². The molecule has 0 spiro atoms. The van der Waals surface area contributed by atoms with E-state index in [0.29, 0.717) is 37.4 Å². The lowest BCUT2D eigenvalue weighted by Gasteiger charge is -2.31. The summed E-state index contributed by atoms with van der Waals surface area (Å²) in [6.07, 6.45) is 1.43. The highest BCUT2D eigenvalue weighted by Crippen LogP contribution is 2.17. The van der Waals surface area contributed by atoms with Gasteiger partial charge in [0.25, 0.3) is 0 Å². The smallest absolute Gasteiger partial charge is 0.243 e. The number of nitrogens with zero attached hydrogens (tertiary/aromatic N) is 1. The maximum Gasteiger partial charge on any atom is 0.243 e. The van der Waals surface area contributed by atoms with Crippen molar-refractivity contribution in [2.24, 2.45) is 0 Å². The van der Waals surface area contributed by atoms with Crippen LogP contribution in [0.15, 0.2) is 54.6 Å². The van der Waals surface area contributed by atoms with Crippen molar-refractivity contribution in [1.29, 1.82) is 0 Å². The number of para-hydroxylation sites is 1. The Hall–Kier alpha value is -2.53. The Balaban J connectivity index is 2.05. The highest BCUT2D eigenvalue weighted by Gasteiger charge is 2.28. The van der Waals surface area contributed by atoms with Crippen molar-refractivity contribution in [2.45, 2.75) is 58.7 Å². The first-order valence-electron chi connectivity index (χ1n) is 10.4. The first-order valence-corrected chi connectivity index (χ1v) is 10.8. The van der Waals surface area contributed by atoms with Crippen LogP contribution in [0.4, 0.5) is 0 Å². The van der Waals surface area contributed by atoms with Gasteiger partial charge in [0.05, 0.1) is 6.61 Å². The molecule has 30 heavy (non-hydrogen) atoms. The van der Waals surface area contributed by atoms with Crippen LogP contribution in [0.25, 0.3) is 0 Å². The summed E-state index contributed by atoms with van der Waals surface area (Å²) in [5, 5.41) is 3.57. The summed E-state index contributed by atoms with van der Waals surface area (Å²) in [7, 11) is 0. The predicted molar refractivity (Wildman–Crippen MR) is 121 cm³/mol. The monoisotopic (exact) mass is 430 g/mol. The van der Waals surface area contributed by atoms with Crippen molar-refractivity contribution < 1.29 is 14.3 Å². The molecular weight excluding hydrogens is 400 g/mol. The molecule has 0 saturated heterocycles. The minimum Gasteiger partial charge on any atom is -0.494 e. The molecule has 0 unspecified atom stereocenters. The van der Waals surface area contributed by atoms with Crippen LogP contribution in [0.5, 0.6) is 5.75 Å². The number of nitrogens with one attached hydrogen (secondary N) is 1. The van der Waals surface area contributed by atoms with Crippen molar-refractivity contribution in [3.05, 3.63) is 65.2 Å². The van der Waals surface area contributed by atoms with E-state index in [4.69, 9.17) is 16.3 Å². The molecule has 2 rings (SSSR count). The number of hydrogen-bond donors (Lipinski definition) is 1. The van der Waals surface area contributed by atoms with Gasteiger partial charge in [-0.15, -0.1) is 0 Å². The van der Waals surface area contributed by atoms with E-state index in [1.807, 2.05) is 63.2 Å². The molecular formula is C24H31ClN2O3. The fraction of sp³-hybridized carbons (Fsp3) is 0.417. The van der Waals surface area contributed by atoms with Crippen molar-refractivity contribution >= 4 is 23.4 Å². The summed E-state index contributed by atoms with van der Waals surface area (Å²) in [6, 6.07) is 16.4. The van der Waals surface area contributed by atoms with Gasteiger partial charge in [-0.05, 0) is 56.5 Å². The van der Waals surface area contributed by atoms with Gasteiger partial charge in [0.15, 0.2) is 0 Å². The molecule has 2 amide bonds. The van der Waals surface area contributed by atoms with Gasteiger partial charge in [0.2, 0.25) is 11.8 Å². The minimum atomic E-state index is -0.523. The molecule has 0 heterocycles. The second-order valence-corrected chi connectivity index (χ2v) is 7.94. The predicted octanol–water partition coefficient (Wildman–Crippen LogP) is 4.83. The van der Waals surface area contributed by atoms with E-state index in [1.54, 1.807) is 17.0 Å². The summed E-state index contributed by atoms with van der Waals surface area (Å²) in [5.41, 5.74) is 0.934. The van der Waals surface area contributed by atoms with Crippen molar-refractivity contribution in [1.82, 2.24) is 10.2 Å². The number of carbonyl (C=O) groups excluding carboxylic acids is 2. The molecule has 1 atom stereocenters. The Morgan fingerprint density at radius 2 is 1.73 bits per heavy atom. The molecule has 0 aliphatic rings. The molecule has 5 nitrogen and oxygen atoms in total. The Labute approximate surface area is 184 Å². The number of amides is 2. The lowest BCUT2D eigenvalue weighted by molar-refractivity contribution is -0.141. The van der Waals surface area contributed by atoms with Crippen molar-refractivity contribution in [3.63, 3.8) is 0 Å². The zero-order chi connectivity index (χ0) is 21.9. The number of benzene rings is 2. The fourth-order valence-corrected chi connectivity index (χ4v) is 3.29. The lowest BCUT2D eigenvalue weighted by Crippen LogP contribution is -2.50. The van der Waals surface area contributed by atoms with E-state index < -0.39 is 6.04 Å². The summed E-state index contributed by atoms with van der Waals surface area (Å²) in [5.74, 6) is 0.591. The van der Waals surface area contributed by atoms with Crippen LogP contribution in [0.3, 0.4) is 0 Å². The average Bonchev–Trinajstić information content (AvgIpc) is 2.72. The fourth-order valence-electron chi connectivity index (χ4n) is 3.16. The second kappa shape index (κ2) is 12.2. The quantitative estimate of drug-likeness (QED) is 0.519. The van der Waals surface area contributed by atoms with Crippen LogP contribution in [-0.2, 0) is 16.1 Å². The maximum absolute atomic E-state index is 13.1. The average molecular weight is 431 g/mol. The summed E-state index contributed by atoms with van der Waals surface area (Å²) in [4.78, 5) is 27.5. The number of ether oxygens (including phenoxy) is 1. The van der Waals surface area contributed by atoms with E-state index in [1.165, 1.54) is 0 Å². The summed E-state index contributed by atoms with van der Waals surface area (Å²) >= 11 is 5.98. The van der Waals surface area contributed by atoms with Crippen LogP contribution in [-0.4, -0.2) is 35.4 Å². The Morgan fingerprint density at radius 3 is 2.33 bits per heavy atom. The minimum absolute atomic E-state index is 0.0123. The number of carbonyl (C=O) groups is 2. The van der Waals surface area contributed by atoms with Gasteiger partial charge in [0, 0.05) is 24.0 Å². The molecule has 2 aromatic carbocycles. The molecule has 162 valence electrons. The van der Waals surface area contributed by atoms with Gasteiger partial charge in [-0.1, -0.05) is 48.9 Å². The first kappa shape index (κ1) is 23.7. The molecule has 0 bridgehead atoms. The molecule has 0 aliphatic heterocycles. The van der Waals surface area contributed by atoms with E-state index in [-0.39, 0.29) is 17.9 Å². The van der Waals surface area contributed by atoms with Crippen LogP contribution in [0.1, 0.15) is 45.6 Å². The zero-order valence-electron chi connectivity index (χ0n) is 17.9. The van der Waals surface area contributed by atoms with E-state index >= 15 is 0 Å². The van der Waals surface area contributed by atoms with Crippen LogP contribution >= 0.6 is 11.6 Å². The highest BCUT2D eigenvalue weighted by molar-refractivity contribution is 6.30. The standard InChI is InChI=1S/C24H31ClN2O3/c1-4-22(24(29)26-18(2)3)27(17-19-12-14-20(25)15-13-19)23(28)11-8-16-30-21-9-6-5-7-10-21/h5-7,9-10,12-15,18,22H,4,8,11,16-17H2,1-3H3,(H,26,29)/t22-/m1/s1. The molecule has 0 aromatic heterocycles. The first-order chi connectivity index (χ1) is 14.4. The molecule has 6 heteroatoms. The number of rotatable bonds is 11. The number of halogens is 1. The Kier molecular flexibility index (Phi) is 9.68. The van der Waals surface area contributed by atoms with Gasteiger partial charge in [-0.25, -0.2) is 0 Å². The SMILES string of the molecule is CC[C@H](C(=O)NC(C)C)N(Cc1ccc(Cl)cc1)C(=O)CCCOc1ccccc1. The van der Waals surface area contributed by atoms with E-state index in [2.05, 4.69) is 5.32 Å². The normalized spacial score (nSPS) is 11.8. The van der Waals surface area contributed by atoms with Gasteiger partial charge in [-0.3, -0.25) is 9.59 Å². The third kappa shape index (κ3) is 7.71. The third-order valence-corrected chi connectivity index (χ3v) is 4.88. The molecule has 0 radical (unpaired) electrons. The van der Waals surface area contributed by atoms with Crippen LogP contribution in [0, 0.1) is 0 Å². The molecule has 2 aromatic rings. The second-order valence-electron chi connectivity index (χ2n) is 7.50. The van der Waals surface area contributed by atoms with Crippen LogP contribution < -0.4 is 10.1 Å². The number of hydrogen-bond acceptors (Lipinski definition) is 3. The third-order valence-electron chi connectivity index (χ3n) is 4.63. The topological polar surface area (TPSA) is 58.6 Å².